The van der Waals surface area contributed by atoms with Gasteiger partial charge in [0.25, 0.3) is 0 Å². The summed E-state index contributed by atoms with van der Waals surface area (Å²) in [6.45, 7) is 0. The predicted octanol–water partition coefficient (Wildman–Crippen LogP) is 4.14. The van der Waals surface area contributed by atoms with Gasteiger partial charge >= 0.3 is 0 Å². The van der Waals surface area contributed by atoms with Gasteiger partial charge in [0.15, 0.2) is 5.82 Å². The average Bonchev–Trinajstić information content (AvgIpc) is 2.36. The van der Waals surface area contributed by atoms with Crippen LogP contribution < -0.4 is 5.32 Å². The summed E-state index contributed by atoms with van der Waals surface area (Å²) in [5.74, 6) is -0.671. The van der Waals surface area contributed by atoms with Gasteiger partial charge < -0.3 is 5.32 Å². The van der Waals surface area contributed by atoms with Crippen LogP contribution in [0.5, 0.6) is 0 Å². The summed E-state index contributed by atoms with van der Waals surface area (Å²) in [6, 6.07) is 6.35. The van der Waals surface area contributed by atoms with Crippen LogP contribution in [0.4, 0.5) is 15.8 Å². The van der Waals surface area contributed by atoms with Gasteiger partial charge in [-0.15, -0.1) is 0 Å². The van der Waals surface area contributed by atoms with Gasteiger partial charge in [0.05, 0.1) is 27.5 Å². The molecule has 0 unspecified atom stereocenters. The second-order valence-corrected chi connectivity index (χ2v) is 4.23. The minimum atomic E-state index is -0.671. The molecule has 0 radical (unpaired) electrons. The van der Waals surface area contributed by atoms with E-state index in [1.54, 1.807) is 6.07 Å². The van der Waals surface area contributed by atoms with Gasteiger partial charge in [-0.05, 0) is 18.2 Å². The van der Waals surface area contributed by atoms with Crippen molar-refractivity contribution in [2.75, 3.05) is 5.32 Å². The minimum absolute atomic E-state index is 0.0904. The van der Waals surface area contributed by atoms with Crippen LogP contribution in [-0.4, -0.2) is 4.98 Å². The number of nitrogens with one attached hydrogen (secondary N) is 1. The van der Waals surface area contributed by atoms with Crippen molar-refractivity contribution in [3.63, 3.8) is 0 Å². The Morgan fingerprint density at radius 1 is 1.28 bits per heavy atom. The second-order valence-electron chi connectivity index (χ2n) is 3.41. The lowest BCUT2D eigenvalue weighted by molar-refractivity contribution is 0.629. The first-order valence-corrected chi connectivity index (χ1v) is 5.63. The van der Waals surface area contributed by atoms with Crippen molar-refractivity contribution in [3.05, 3.63) is 52.0 Å². The lowest BCUT2D eigenvalue weighted by Crippen LogP contribution is -1.95. The van der Waals surface area contributed by atoms with Crippen molar-refractivity contribution in [2.24, 2.45) is 0 Å². The fourth-order valence-electron chi connectivity index (χ4n) is 1.37. The molecule has 1 aromatic carbocycles. The molecular weight excluding hydrogens is 276 g/mol. The van der Waals surface area contributed by atoms with Crippen LogP contribution in [0, 0.1) is 17.1 Å². The number of halogens is 3. The molecular formula is C12H6Cl2FN3. The summed E-state index contributed by atoms with van der Waals surface area (Å²) in [6.07, 6.45) is 3.00. The van der Waals surface area contributed by atoms with E-state index in [1.807, 2.05) is 6.07 Å². The second kappa shape index (κ2) is 5.21. The predicted molar refractivity (Wildman–Crippen MR) is 68.7 cm³/mol. The normalized spacial score (nSPS) is 9.89. The van der Waals surface area contributed by atoms with Gasteiger partial charge in [0.2, 0.25) is 0 Å². The molecule has 0 saturated heterocycles. The van der Waals surface area contributed by atoms with Crippen molar-refractivity contribution in [1.29, 1.82) is 5.26 Å². The summed E-state index contributed by atoms with van der Waals surface area (Å²) in [5.41, 5.74) is 1.40. The summed E-state index contributed by atoms with van der Waals surface area (Å²) in [4.78, 5) is 3.90. The van der Waals surface area contributed by atoms with Gasteiger partial charge in [-0.1, -0.05) is 23.2 Å². The highest BCUT2D eigenvalue weighted by Gasteiger charge is 2.09. The zero-order chi connectivity index (χ0) is 13.1. The van der Waals surface area contributed by atoms with Crippen molar-refractivity contribution >= 4 is 34.6 Å². The maximum Gasteiger partial charge on any atom is 0.160 e. The highest BCUT2D eigenvalue weighted by atomic mass is 35.5. The Balaban J connectivity index is 2.38. The zero-order valence-electron chi connectivity index (χ0n) is 8.92. The largest absolute Gasteiger partial charge is 0.353 e. The first kappa shape index (κ1) is 12.6. The van der Waals surface area contributed by atoms with E-state index in [0.29, 0.717) is 16.9 Å². The van der Waals surface area contributed by atoms with Gasteiger partial charge in [-0.3, -0.25) is 4.98 Å². The smallest absolute Gasteiger partial charge is 0.160 e. The molecule has 0 spiro atoms. The van der Waals surface area contributed by atoms with E-state index in [4.69, 9.17) is 28.5 Å². The van der Waals surface area contributed by atoms with Crippen LogP contribution in [0.15, 0.2) is 30.6 Å². The van der Waals surface area contributed by atoms with E-state index in [9.17, 15) is 4.39 Å². The molecule has 0 fully saturated rings. The van der Waals surface area contributed by atoms with Gasteiger partial charge in [-0.2, -0.15) is 5.26 Å². The molecule has 2 rings (SSSR count). The maximum atomic E-state index is 13.2. The molecule has 0 bridgehead atoms. The molecule has 0 saturated carbocycles. The van der Waals surface area contributed by atoms with Crippen LogP contribution in [0.3, 0.4) is 0 Å². The Labute approximate surface area is 113 Å². The fourth-order valence-corrected chi connectivity index (χ4v) is 1.86. The number of benzene rings is 1. The number of aromatic nitrogens is 1. The molecule has 0 atom stereocenters. The molecule has 1 N–H and O–H groups in total. The quantitative estimate of drug-likeness (QED) is 0.842. The third-order valence-corrected chi connectivity index (χ3v) is 2.75. The number of hydrogen-bond acceptors (Lipinski definition) is 3. The molecule has 90 valence electrons. The number of nitriles is 1. The van der Waals surface area contributed by atoms with Gasteiger partial charge in [0.1, 0.15) is 6.07 Å². The highest BCUT2D eigenvalue weighted by molar-refractivity contribution is 6.35. The lowest BCUT2D eigenvalue weighted by Gasteiger charge is -2.09. The summed E-state index contributed by atoms with van der Waals surface area (Å²) >= 11 is 11.4. The van der Waals surface area contributed by atoms with E-state index in [-0.39, 0.29) is 10.0 Å². The van der Waals surface area contributed by atoms with Crippen molar-refractivity contribution in [1.82, 2.24) is 4.98 Å². The Bertz CT molecular complexity index is 614. The molecule has 0 aliphatic rings. The topological polar surface area (TPSA) is 48.7 Å². The fraction of sp³-hybridized carbons (Fsp3) is 0. The number of rotatable bonds is 2. The Morgan fingerprint density at radius 3 is 2.56 bits per heavy atom. The molecule has 2 aromatic rings. The molecule has 0 aliphatic heterocycles. The molecule has 0 amide bonds. The first-order valence-electron chi connectivity index (χ1n) is 4.87. The van der Waals surface area contributed by atoms with Crippen LogP contribution in [-0.2, 0) is 0 Å². The third kappa shape index (κ3) is 2.53. The SMILES string of the molecule is N#Cc1ccncc1Nc1cc(Cl)c(F)c(Cl)c1. The standard InChI is InChI=1S/C12H6Cl2FN3/c13-9-3-8(4-10(14)12(9)15)18-11-6-17-2-1-7(11)5-16/h1-4,6,18H. The van der Waals surface area contributed by atoms with E-state index in [2.05, 4.69) is 10.3 Å². The maximum absolute atomic E-state index is 13.2. The lowest BCUT2D eigenvalue weighted by atomic mass is 10.2. The van der Waals surface area contributed by atoms with E-state index >= 15 is 0 Å². The zero-order valence-corrected chi connectivity index (χ0v) is 10.4. The molecule has 1 aromatic heterocycles. The van der Waals surface area contributed by atoms with Crippen molar-refractivity contribution in [2.45, 2.75) is 0 Å². The highest BCUT2D eigenvalue weighted by Crippen LogP contribution is 2.29. The van der Waals surface area contributed by atoms with E-state index in [0.717, 1.165) is 0 Å². The Hall–Kier alpha value is -1.83. The van der Waals surface area contributed by atoms with Gasteiger partial charge in [0, 0.05) is 11.9 Å². The van der Waals surface area contributed by atoms with Crippen LogP contribution in [0.1, 0.15) is 5.56 Å². The van der Waals surface area contributed by atoms with E-state index in [1.165, 1.54) is 24.5 Å². The Morgan fingerprint density at radius 2 is 1.94 bits per heavy atom. The number of nitrogens with zero attached hydrogens (tertiary/aromatic N) is 2. The molecule has 3 nitrogen and oxygen atoms in total. The van der Waals surface area contributed by atoms with Gasteiger partial charge in [-0.25, -0.2) is 4.39 Å². The summed E-state index contributed by atoms with van der Waals surface area (Å²) in [7, 11) is 0. The molecule has 6 heteroatoms. The third-order valence-electron chi connectivity index (χ3n) is 2.20. The van der Waals surface area contributed by atoms with Crippen LogP contribution in [0.25, 0.3) is 0 Å². The number of pyridine rings is 1. The van der Waals surface area contributed by atoms with Crippen LogP contribution >= 0.6 is 23.2 Å². The van der Waals surface area contributed by atoms with Crippen LogP contribution in [0.2, 0.25) is 10.0 Å². The Kier molecular flexibility index (Phi) is 3.66. The van der Waals surface area contributed by atoms with Crippen molar-refractivity contribution in [3.8, 4) is 6.07 Å². The number of anilines is 2. The molecule has 18 heavy (non-hydrogen) atoms. The minimum Gasteiger partial charge on any atom is -0.353 e. The number of hydrogen-bond donors (Lipinski definition) is 1. The monoisotopic (exact) mass is 281 g/mol. The summed E-state index contributed by atoms with van der Waals surface area (Å²) in [5, 5.41) is 11.7. The molecule has 1 heterocycles. The summed E-state index contributed by atoms with van der Waals surface area (Å²) < 4.78 is 13.2. The van der Waals surface area contributed by atoms with E-state index < -0.39 is 5.82 Å². The molecule has 0 aliphatic carbocycles. The van der Waals surface area contributed by atoms with Crippen molar-refractivity contribution < 1.29 is 4.39 Å². The first-order chi connectivity index (χ1) is 8.61. The average molecular weight is 282 g/mol.